The van der Waals surface area contributed by atoms with Gasteiger partial charge in [0.25, 0.3) is 0 Å². The molecule has 7 nitrogen and oxygen atoms in total. The Hall–Kier alpha value is -0.307. The third-order valence-corrected chi connectivity index (χ3v) is 15.2. The Morgan fingerprint density at radius 3 is 1.46 bits per heavy atom. The van der Waals surface area contributed by atoms with Crippen LogP contribution >= 0.6 is 116 Å². The van der Waals surface area contributed by atoms with Crippen LogP contribution in [0.1, 0.15) is 22.3 Å². The molecule has 33 radical (unpaired) electrons. The van der Waals surface area contributed by atoms with E-state index < -0.39 is 57.5 Å². The second-order valence-electron chi connectivity index (χ2n) is 17.4. The summed E-state index contributed by atoms with van der Waals surface area (Å²) in [6, 6.07) is 28.7. The third-order valence-electron chi connectivity index (χ3n) is 11.2. The summed E-state index contributed by atoms with van der Waals surface area (Å²) in [5.74, 6) is 1.75. The maximum Gasteiger partial charge on any atom is 0.118 e. The molecule has 0 aliphatic carbocycles. The highest BCUT2D eigenvalue weighted by atomic mass is 127. The monoisotopic (exact) mass is 1500 g/mol. The lowest BCUT2D eigenvalue weighted by Crippen LogP contribution is -2.62. The maximum absolute atomic E-state index is 5.30. The van der Waals surface area contributed by atoms with Gasteiger partial charge in [0.15, 0.2) is 0 Å². The highest BCUT2D eigenvalue weighted by Gasteiger charge is 2.25. The smallest absolute Gasteiger partial charge is 0.118 e. The molecule has 0 bridgehead atoms. The summed E-state index contributed by atoms with van der Waals surface area (Å²) in [6.07, 6.45) is 0.232. The molecule has 0 saturated carbocycles. The van der Waals surface area contributed by atoms with Gasteiger partial charge < -0.3 is 9.47 Å². The minimum Gasteiger partial charge on any atom is -0.497 e. The minimum atomic E-state index is -0.667. The summed E-state index contributed by atoms with van der Waals surface area (Å²) in [5, 5.41) is 11.4. The highest BCUT2D eigenvalue weighted by Crippen LogP contribution is 2.28. The molecule has 341 valence electrons. The molecule has 40 heteroatoms. The van der Waals surface area contributed by atoms with Crippen molar-refractivity contribution in [1.82, 2.24) is 19.6 Å². The van der Waals surface area contributed by atoms with Crippen molar-refractivity contribution in [2.24, 2.45) is 4.99 Å². The number of aromatic nitrogens is 4. The SMILES string of the molecule is Brc1cc(I)c2c(c1)C=NC2.COc1ccc(Cn2cc3cc(Br)cc(I)c3n2)cc1.COc1ccc(Cn2ncc3cc(Br)cc(I)c32)cc1.[B]B([B])B(B([B])[B])B([B])[B].[B]B([B])B([B])B([B])[B].[B][B]B(B([B])[B])B([B])[B]. The average molecular weight is 1500 g/mol. The lowest BCUT2D eigenvalue weighted by molar-refractivity contribution is 0.414. The first-order chi connectivity index (χ1) is 36.7. The van der Waals surface area contributed by atoms with Crippen LogP contribution in [-0.2, 0) is 19.6 Å². The van der Waals surface area contributed by atoms with Gasteiger partial charge in [-0.05, 0) is 151 Å². The van der Waals surface area contributed by atoms with E-state index in [0.717, 1.165) is 64.4 Å². The van der Waals surface area contributed by atoms with Crippen LogP contribution in [-0.4, -0.2) is 235 Å². The molecule has 8 rings (SSSR count). The number of ether oxygens (including phenoxy) is 2. The number of hydrogen-bond donors (Lipinski definition) is 0. The van der Waals surface area contributed by atoms with Crippen molar-refractivity contribution in [2.75, 3.05) is 14.2 Å². The first-order valence-corrected chi connectivity index (χ1v) is 29.1. The molecule has 1 aliphatic heterocycles. The van der Waals surface area contributed by atoms with Crippen molar-refractivity contribution < 1.29 is 9.47 Å². The number of methoxy groups -OCH3 is 2. The Labute approximate surface area is 554 Å². The van der Waals surface area contributed by atoms with Gasteiger partial charge in [-0.3, -0.25) is 14.4 Å². The minimum absolute atomic E-state index is 0.315. The Kier molecular flexibility index (Phi) is 33.7. The second-order valence-corrected chi connectivity index (χ2v) is 23.6. The highest BCUT2D eigenvalue weighted by molar-refractivity contribution is 14.1. The van der Waals surface area contributed by atoms with Gasteiger partial charge in [-0.2, -0.15) is 10.2 Å². The molecular formula is C38H29B27Br3I3N5O2. The van der Waals surface area contributed by atoms with E-state index in [0.29, 0.717) is 0 Å². The lowest BCUT2D eigenvalue weighted by Gasteiger charge is -2.23. The Morgan fingerprint density at radius 2 is 1.04 bits per heavy atom. The zero-order chi connectivity index (χ0) is 58.6. The third kappa shape index (κ3) is 24.0. The molecule has 0 N–H and O–H groups in total. The fourth-order valence-corrected chi connectivity index (χ4v) is 12.2. The van der Waals surface area contributed by atoms with Gasteiger partial charge >= 0.3 is 0 Å². The van der Waals surface area contributed by atoms with Crippen LogP contribution in [0.5, 0.6) is 11.5 Å². The number of aliphatic imine (C=N–C) groups is 1. The predicted molar refractivity (Wildman–Crippen MR) is 398 cm³/mol. The van der Waals surface area contributed by atoms with E-state index >= 15 is 0 Å². The Bertz CT molecular complexity index is 2910. The molecule has 2 aromatic heterocycles. The second kappa shape index (κ2) is 36.5. The fraction of sp³-hybridized carbons (Fsp3) is 0.132. The Balaban J connectivity index is 0.000000257. The van der Waals surface area contributed by atoms with E-state index in [1.165, 1.54) is 42.0 Å². The van der Waals surface area contributed by atoms with Crippen LogP contribution in [0.3, 0.4) is 0 Å². The van der Waals surface area contributed by atoms with Crippen LogP contribution < -0.4 is 9.47 Å². The number of rotatable bonds is 14. The van der Waals surface area contributed by atoms with Crippen molar-refractivity contribution in [1.29, 1.82) is 0 Å². The molecule has 1 aliphatic rings. The summed E-state index contributed by atoms with van der Waals surface area (Å²) in [7, 11) is 88.4. The summed E-state index contributed by atoms with van der Waals surface area (Å²) in [5.41, 5.74) is 7.23. The zero-order valence-corrected chi connectivity index (χ0v) is 54.1. The van der Waals surface area contributed by atoms with Crippen LogP contribution in [0.2, 0.25) is 0 Å². The number of hydrogen-bond acceptors (Lipinski definition) is 5. The van der Waals surface area contributed by atoms with Crippen LogP contribution in [0.15, 0.2) is 116 Å². The normalized spacial score (nSPS) is 10.4. The van der Waals surface area contributed by atoms with E-state index in [1.807, 2.05) is 46.0 Å². The standard InChI is InChI=1S/2C15H12BrIN2O.C8H5BrIN.B10.B9.B8/c1-20-13-4-2-10(3-5-13)9-19-15-11(8-18-19)6-12(16)7-14(15)17;1-20-13-4-2-10(3-5-13)8-19-9-11-6-12(16)7-14(17)15(11)18-19;9-6-1-5-3-11-4-7(5)8(10)2-6;1-7(2)10(8(3)4)9(5)6;1-6-9(7(2)3)8(4)5;1-6(2)8(5)7(3)4/h2-8H,9H2,1H3;2-7,9H,8H2,1H3;1-3H,4H2;;;. The maximum atomic E-state index is 5.30. The van der Waals surface area contributed by atoms with Gasteiger partial charge in [0.05, 0.1) is 45.6 Å². The molecule has 0 atom stereocenters. The molecule has 0 unspecified atom stereocenters. The zero-order valence-electron chi connectivity index (χ0n) is 42.8. The summed E-state index contributed by atoms with van der Waals surface area (Å²) >= 11 is 17.5. The van der Waals surface area contributed by atoms with Gasteiger partial charge in [-0.1, -0.05) is 72.1 Å². The lowest BCUT2D eigenvalue weighted by atomic mass is 8.58. The van der Waals surface area contributed by atoms with E-state index in [9.17, 15) is 0 Å². The molecule has 0 spiro atoms. The molecular weight excluding hydrogens is 1470 g/mol. The Morgan fingerprint density at radius 1 is 0.577 bits per heavy atom. The van der Waals surface area contributed by atoms with E-state index in [1.54, 1.807) is 14.2 Å². The van der Waals surface area contributed by atoms with Gasteiger partial charge in [-0.25, -0.2) is 0 Å². The largest absolute Gasteiger partial charge is 0.497 e. The van der Waals surface area contributed by atoms with Crippen molar-refractivity contribution in [3.63, 3.8) is 0 Å². The molecule has 78 heavy (non-hydrogen) atoms. The van der Waals surface area contributed by atoms with Gasteiger partial charge in [0.1, 0.15) is 17.0 Å². The van der Waals surface area contributed by atoms with Gasteiger partial charge in [0, 0.05) is 242 Å². The molecule has 0 saturated heterocycles. The molecule has 5 aromatic carbocycles. The average Bonchev–Trinajstić information content (AvgIpc) is 4.12. The molecule has 0 fully saturated rings. The first kappa shape index (κ1) is 72.0. The summed E-state index contributed by atoms with van der Waals surface area (Å²) in [4.78, 5) is 4.20. The van der Waals surface area contributed by atoms with E-state index in [-0.39, 0.29) is 6.39 Å². The van der Waals surface area contributed by atoms with E-state index in [4.69, 9.17) is 133 Å². The van der Waals surface area contributed by atoms with Crippen molar-refractivity contribution in [3.8, 4) is 11.5 Å². The van der Waals surface area contributed by atoms with Crippen LogP contribution in [0.4, 0.5) is 0 Å². The van der Waals surface area contributed by atoms with Gasteiger partial charge in [0.2, 0.25) is 0 Å². The molecule has 0 amide bonds. The topological polar surface area (TPSA) is 66.5 Å². The summed E-state index contributed by atoms with van der Waals surface area (Å²) < 4.78 is 21.3. The predicted octanol–water partition coefficient (Wildman–Crippen LogP) is 1.63. The quantitative estimate of drug-likeness (QED) is 0.123. The first-order valence-electron chi connectivity index (χ1n) is 23.5. The molecule has 3 heterocycles. The van der Waals surface area contributed by atoms with Crippen molar-refractivity contribution >= 4 is 338 Å². The number of fused-ring (bicyclic) bond motifs is 3. The van der Waals surface area contributed by atoms with Crippen LogP contribution in [0.25, 0.3) is 21.8 Å². The summed E-state index contributed by atoms with van der Waals surface area (Å²) in [6.45, 7) is 2.36. The number of halogens is 6. The van der Waals surface area contributed by atoms with Crippen molar-refractivity contribution in [3.05, 3.63) is 144 Å². The number of benzene rings is 5. The van der Waals surface area contributed by atoms with Crippen LogP contribution in [0, 0.1) is 10.7 Å². The molecule has 7 aromatic rings. The fourth-order valence-electron chi connectivity index (χ4n) is 6.96. The number of nitrogens with zero attached hydrogens (tertiary/aromatic N) is 5. The van der Waals surface area contributed by atoms with E-state index in [2.05, 4.69) is 198 Å². The van der Waals surface area contributed by atoms with Gasteiger partial charge in [-0.15, -0.1) is 0 Å². The van der Waals surface area contributed by atoms with Crippen molar-refractivity contribution in [2.45, 2.75) is 19.6 Å².